The van der Waals surface area contributed by atoms with Crippen molar-refractivity contribution in [3.05, 3.63) is 34.9 Å². The van der Waals surface area contributed by atoms with Gasteiger partial charge in [-0.2, -0.15) is 0 Å². The van der Waals surface area contributed by atoms with Crippen molar-refractivity contribution in [2.45, 2.75) is 20.3 Å². The highest BCUT2D eigenvalue weighted by Gasteiger charge is 2.32. The quantitative estimate of drug-likeness (QED) is 0.835. The number of piperidine rings is 2. The van der Waals surface area contributed by atoms with Crippen molar-refractivity contribution >= 4 is 5.91 Å². The van der Waals surface area contributed by atoms with E-state index in [1.165, 1.54) is 17.5 Å². The Morgan fingerprint density at radius 1 is 1.16 bits per heavy atom. The Morgan fingerprint density at radius 3 is 2.47 bits per heavy atom. The van der Waals surface area contributed by atoms with Crippen LogP contribution >= 0.6 is 0 Å². The molecule has 0 aromatic heterocycles. The Balaban J connectivity index is 1.78. The lowest BCUT2D eigenvalue weighted by Gasteiger charge is -2.41. The van der Waals surface area contributed by atoms with Gasteiger partial charge in [-0.3, -0.25) is 4.79 Å². The molecular weight excluding hydrogens is 236 g/mol. The highest BCUT2D eigenvalue weighted by atomic mass is 16.2. The molecule has 2 fully saturated rings. The van der Waals surface area contributed by atoms with Crippen LogP contribution in [0.15, 0.2) is 18.2 Å². The van der Waals surface area contributed by atoms with Crippen molar-refractivity contribution in [3.63, 3.8) is 0 Å². The summed E-state index contributed by atoms with van der Waals surface area (Å²) in [4.78, 5) is 14.7. The molecule has 3 heteroatoms. The zero-order valence-corrected chi connectivity index (χ0v) is 11.8. The number of carbonyl (C=O) groups is 1. The molecular formula is C16H22N2O. The van der Waals surface area contributed by atoms with Gasteiger partial charge in [-0.05, 0) is 68.5 Å². The van der Waals surface area contributed by atoms with E-state index in [2.05, 4.69) is 30.1 Å². The van der Waals surface area contributed by atoms with Crippen LogP contribution in [0.1, 0.15) is 27.9 Å². The molecule has 1 N–H and O–H groups in total. The molecule has 2 aliphatic rings. The topological polar surface area (TPSA) is 32.3 Å². The number of hydrogen-bond acceptors (Lipinski definition) is 2. The number of benzene rings is 1. The molecule has 2 heterocycles. The van der Waals surface area contributed by atoms with Gasteiger partial charge in [-0.1, -0.05) is 6.07 Å². The predicted molar refractivity (Wildman–Crippen MR) is 76.3 cm³/mol. The van der Waals surface area contributed by atoms with Gasteiger partial charge < -0.3 is 10.2 Å². The van der Waals surface area contributed by atoms with Gasteiger partial charge in [0, 0.05) is 18.7 Å². The van der Waals surface area contributed by atoms with E-state index in [9.17, 15) is 4.79 Å². The van der Waals surface area contributed by atoms with Crippen LogP contribution in [-0.4, -0.2) is 37.0 Å². The monoisotopic (exact) mass is 258 g/mol. The van der Waals surface area contributed by atoms with E-state index in [4.69, 9.17) is 0 Å². The lowest BCUT2D eigenvalue weighted by Crippen LogP contribution is -2.52. The zero-order chi connectivity index (χ0) is 13.4. The van der Waals surface area contributed by atoms with E-state index in [1.807, 2.05) is 12.1 Å². The SMILES string of the molecule is Cc1ccc(C(=O)N2CC3CNCC(C3)C2)cc1C. The third-order valence-electron chi connectivity index (χ3n) is 4.53. The van der Waals surface area contributed by atoms with Gasteiger partial charge in [0.15, 0.2) is 0 Å². The first-order valence-corrected chi connectivity index (χ1v) is 7.20. The number of nitrogens with one attached hydrogen (secondary N) is 1. The van der Waals surface area contributed by atoms with Gasteiger partial charge in [0.05, 0.1) is 0 Å². The second-order valence-corrected chi connectivity index (χ2v) is 6.14. The maximum Gasteiger partial charge on any atom is 0.253 e. The van der Waals surface area contributed by atoms with Crippen molar-refractivity contribution in [3.8, 4) is 0 Å². The molecule has 2 unspecified atom stereocenters. The van der Waals surface area contributed by atoms with Gasteiger partial charge in [-0.25, -0.2) is 0 Å². The Bertz CT molecular complexity index is 486. The van der Waals surface area contributed by atoms with Gasteiger partial charge in [-0.15, -0.1) is 0 Å². The Morgan fingerprint density at radius 2 is 1.84 bits per heavy atom. The minimum Gasteiger partial charge on any atom is -0.338 e. The second-order valence-electron chi connectivity index (χ2n) is 6.14. The molecule has 2 bridgehead atoms. The van der Waals surface area contributed by atoms with Crippen LogP contribution in [0.25, 0.3) is 0 Å². The van der Waals surface area contributed by atoms with Gasteiger partial charge in [0.1, 0.15) is 0 Å². The fraction of sp³-hybridized carbons (Fsp3) is 0.562. The van der Waals surface area contributed by atoms with Crippen LogP contribution < -0.4 is 5.32 Å². The largest absolute Gasteiger partial charge is 0.338 e. The minimum absolute atomic E-state index is 0.208. The predicted octanol–water partition coefficient (Wildman–Crippen LogP) is 1.98. The number of rotatable bonds is 1. The number of aryl methyl sites for hydroxylation is 2. The van der Waals surface area contributed by atoms with E-state index in [0.29, 0.717) is 11.8 Å². The molecule has 1 amide bonds. The molecule has 0 aliphatic carbocycles. The van der Waals surface area contributed by atoms with Crippen molar-refractivity contribution < 1.29 is 4.79 Å². The fourth-order valence-electron chi connectivity index (χ4n) is 3.33. The second kappa shape index (κ2) is 4.97. The molecule has 2 atom stereocenters. The van der Waals surface area contributed by atoms with Crippen molar-refractivity contribution in [2.75, 3.05) is 26.2 Å². The Kier molecular flexibility index (Phi) is 3.31. The molecule has 1 aromatic rings. The number of nitrogens with zero attached hydrogens (tertiary/aromatic N) is 1. The van der Waals surface area contributed by atoms with Gasteiger partial charge in [0.2, 0.25) is 0 Å². The summed E-state index contributed by atoms with van der Waals surface area (Å²) in [6, 6.07) is 6.04. The molecule has 0 spiro atoms. The summed E-state index contributed by atoms with van der Waals surface area (Å²) in [6.45, 7) is 8.10. The van der Waals surface area contributed by atoms with Crippen LogP contribution in [0.3, 0.4) is 0 Å². The van der Waals surface area contributed by atoms with Gasteiger partial charge in [0.25, 0.3) is 5.91 Å². The highest BCUT2D eigenvalue weighted by Crippen LogP contribution is 2.25. The molecule has 3 rings (SSSR count). The first kappa shape index (κ1) is 12.7. The minimum atomic E-state index is 0.208. The molecule has 1 aromatic carbocycles. The molecule has 3 nitrogen and oxygen atoms in total. The summed E-state index contributed by atoms with van der Waals surface area (Å²) in [7, 11) is 0. The smallest absolute Gasteiger partial charge is 0.253 e. The average Bonchev–Trinajstić information content (AvgIpc) is 2.40. The fourth-order valence-corrected chi connectivity index (χ4v) is 3.33. The molecule has 2 aliphatic heterocycles. The summed E-state index contributed by atoms with van der Waals surface area (Å²) in [5, 5.41) is 3.46. The third kappa shape index (κ3) is 2.52. The van der Waals surface area contributed by atoms with Crippen LogP contribution in [0.2, 0.25) is 0 Å². The number of carbonyl (C=O) groups excluding carboxylic acids is 1. The first-order valence-electron chi connectivity index (χ1n) is 7.20. The molecule has 2 saturated heterocycles. The van der Waals surface area contributed by atoms with Crippen LogP contribution in [-0.2, 0) is 0 Å². The summed E-state index contributed by atoms with van der Waals surface area (Å²) < 4.78 is 0. The summed E-state index contributed by atoms with van der Waals surface area (Å²) in [6.07, 6.45) is 1.28. The van der Waals surface area contributed by atoms with Crippen molar-refractivity contribution in [1.29, 1.82) is 0 Å². The number of hydrogen-bond donors (Lipinski definition) is 1. The molecule has 0 saturated carbocycles. The Labute approximate surface area is 115 Å². The molecule has 0 radical (unpaired) electrons. The van der Waals surface area contributed by atoms with Crippen molar-refractivity contribution in [2.24, 2.45) is 11.8 Å². The van der Waals surface area contributed by atoms with E-state index >= 15 is 0 Å². The van der Waals surface area contributed by atoms with Crippen LogP contribution in [0, 0.1) is 25.7 Å². The normalized spacial score (nSPS) is 26.3. The number of likely N-dealkylation sites (tertiary alicyclic amines) is 1. The maximum atomic E-state index is 12.6. The summed E-state index contributed by atoms with van der Waals surface area (Å²) in [5.41, 5.74) is 3.29. The van der Waals surface area contributed by atoms with Crippen molar-refractivity contribution in [1.82, 2.24) is 10.2 Å². The van der Waals surface area contributed by atoms with E-state index < -0.39 is 0 Å². The third-order valence-corrected chi connectivity index (χ3v) is 4.53. The molecule has 102 valence electrons. The van der Waals surface area contributed by atoms with Crippen LogP contribution in [0.5, 0.6) is 0 Å². The zero-order valence-electron chi connectivity index (χ0n) is 11.8. The van der Waals surface area contributed by atoms with E-state index in [1.54, 1.807) is 0 Å². The number of amides is 1. The van der Waals surface area contributed by atoms with E-state index in [-0.39, 0.29) is 5.91 Å². The van der Waals surface area contributed by atoms with E-state index in [0.717, 1.165) is 31.7 Å². The lowest BCUT2D eigenvalue weighted by atomic mass is 9.85. The van der Waals surface area contributed by atoms with Crippen LogP contribution in [0.4, 0.5) is 0 Å². The standard InChI is InChI=1S/C16H22N2O/c1-11-3-4-15(5-12(11)2)16(19)18-9-13-6-14(10-18)8-17-7-13/h3-5,13-14,17H,6-10H2,1-2H3. The summed E-state index contributed by atoms with van der Waals surface area (Å²) in [5.74, 6) is 1.49. The van der Waals surface area contributed by atoms with Gasteiger partial charge >= 0.3 is 0 Å². The number of fused-ring (bicyclic) bond motifs is 2. The summed E-state index contributed by atoms with van der Waals surface area (Å²) >= 11 is 0. The first-order chi connectivity index (χ1) is 9.13. The Hall–Kier alpha value is -1.35. The maximum absolute atomic E-state index is 12.6. The molecule has 19 heavy (non-hydrogen) atoms. The lowest BCUT2D eigenvalue weighted by molar-refractivity contribution is 0.0537. The average molecular weight is 258 g/mol. The highest BCUT2D eigenvalue weighted by molar-refractivity contribution is 5.94.